The van der Waals surface area contributed by atoms with Crippen LogP contribution in [0.3, 0.4) is 0 Å². The zero-order valence-corrected chi connectivity index (χ0v) is 18.4. The first-order valence-corrected chi connectivity index (χ1v) is 10.6. The maximum absolute atomic E-state index is 14.0. The molecule has 0 radical (unpaired) electrons. The molecule has 4 rings (SSSR count). The third-order valence-corrected chi connectivity index (χ3v) is 5.17. The van der Waals surface area contributed by atoms with Crippen LogP contribution in [-0.4, -0.2) is 53.8 Å². The van der Waals surface area contributed by atoms with Crippen LogP contribution >= 0.6 is 0 Å². The number of halogens is 1. The smallest absolute Gasteiger partial charge is 0.320 e. The lowest BCUT2D eigenvalue weighted by molar-refractivity contribution is -0.138. The molecule has 11 heteroatoms. The van der Waals surface area contributed by atoms with E-state index >= 15 is 0 Å². The second kappa shape index (κ2) is 10.1. The van der Waals surface area contributed by atoms with Gasteiger partial charge in [0.15, 0.2) is 5.82 Å². The van der Waals surface area contributed by atoms with Crippen molar-refractivity contribution in [3.05, 3.63) is 66.1 Å². The first-order valence-electron chi connectivity index (χ1n) is 10.6. The van der Waals surface area contributed by atoms with E-state index in [4.69, 9.17) is 10.8 Å². The molecular weight excluding hydrogens is 439 g/mol. The number of benzene rings is 2. The highest BCUT2D eigenvalue weighted by Crippen LogP contribution is 2.31. The topological polar surface area (TPSA) is 145 Å². The number of aryl methyl sites for hydroxylation is 1. The van der Waals surface area contributed by atoms with Gasteiger partial charge in [0.25, 0.3) is 0 Å². The van der Waals surface area contributed by atoms with Gasteiger partial charge in [0, 0.05) is 18.3 Å². The summed E-state index contributed by atoms with van der Waals surface area (Å²) in [4.78, 5) is 19.8. The van der Waals surface area contributed by atoms with Crippen LogP contribution in [0.15, 0.2) is 54.7 Å². The van der Waals surface area contributed by atoms with Crippen molar-refractivity contribution in [2.45, 2.75) is 25.8 Å². The Kier molecular flexibility index (Phi) is 6.83. The zero-order valence-electron chi connectivity index (χ0n) is 18.4. The summed E-state index contributed by atoms with van der Waals surface area (Å²) in [7, 11) is 0. The number of aliphatic carboxylic acids is 1. The van der Waals surface area contributed by atoms with E-state index < -0.39 is 17.8 Å². The summed E-state index contributed by atoms with van der Waals surface area (Å²) < 4.78 is 15.6. The molecule has 0 saturated carbocycles. The molecule has 0 amide bonds. The van der Waals surface area contributed by atoms with E-state index in [1.54, 1.807) is 23.0 Å². The molecule has 1 atom stereocenters. The highest BCUT2D eigenvalue weighted by Gasteiger charge is 2.19. The Bertz CT molecular complexity index is 1290. The number of carboxylic acid groups (broad SMARTS) is 1. The number of tetrazole rings is 1. The van der Waals surface area contributed by atoms with Gasteiger partial charge in [0.2, 0.25) is 5.95 Å². The summed E-state index contributed by atoms with van der Waals surface area (Å²) in [5, 5.41) is 24.1. The van der Waals surface area contributed by atoms with Crippen molar-refractivity contribution in [2.75, 3.05) is 11.9 Å². The van der Waals surface area contributed by atoms with Crippen LogP contribution in [0.1, 0.15) is 18.4 Å². The number of carboxylic acids is 1. The van der Waals surface area contributed by atoms with E-state index in [0.29, 0.717) is 48.0 Å². The number of carbonyl (C=O) groups is 1. The van der Waals surface area contributed by atoms with Gasteiger partial charge in [0.1, 0.15) is 11.9 Å². The first-order chi connectivity index (χ1) is 16.4. The van der Waals surface area contributed by atoms with Gasteiger partial charge in [-0.1, -0.05) is 29.8 Å². The summed E-state index contributed by atoms with van der Waals surface area (Å²) in [6.07, 6.45) is 2.40. The molecule has 0 aliphatic rings. The van der Waals surface area contributed by atoms with Crippen molar-refractivity contribution in [3.63, 3.8) is 0 Å². The van der Waals surface area contributed by atoms with Crippen LogP contribution in [-0.2, 0) is 4.79 Å². The fourth-order valence-corrected chi connectivity index (χ4v) is 3.35. The van der Waals surface area contributed by atoms with Crippen LogP contribution in [0.2, 0.25) is 0 Å². The average Bonchev–Trinajstić information content (AvgIpc) is 3.31. The Morgan fingerprint density at radius 1 is 1.24 bits per heavy atom. The molecule has 0 fully saturated rings. The Labute approximate surface area is 194 Å². The number of rotatable bonds is 9. The minimum atomic E-state index is -1.04. The van der Waals surface area contributed by atoms with Crippen molar-refractivity contribution in [2.24, 2.45) is 5.73 Å². The number of nitrogens with two attached hydrogens (primary N) is 1. The molecule has 2 aromatic heterocycles. The number of aromatic nitrogens is 6. The van der Waals surface area contributed by atoms with Gasteiger partial charge in [-0.25, -0.2) is 14.4 Å². The second-order valence-corrected chi connectivity index (χ2v) is 7.73. The third-order valence-electron chi connectivity index (χ3n) is 5.17. The van der Waals surface area contributed by atoms with Gasteiger partial charge >= 0.3 is 5.97 Å². The summed E-state index contributed by atoms with van der Waals surface area (Å²) >= 11 is 0. The van der Waals surface area contributed by atoms with E-state index in [9.17, 15) is 9.18 Å². The lowest BCUT2D eigenvalue weighted by atomic mass is 10.1. The van der Waals surface area contributed by atoms with Gasteiger partial charge in [-0.15, -0.1) is 5.10 Å². The van der Waals surface area contributed by atoms with Crippen LogP contribution < -0.4 is 11.1 Å². The van der Waals surface area contributed by atoms with Gasteiger partial charge < -0.3 is 16.2 Å². The molecule has 2 aromatic carbocycles. The monoisotopic (exact) mass is 462 g/mol. The van der Waals surface area contributed by atoms with Gasteiger partial charge in [0.05, 0.1) is 16.9 Å². The van der Waals surface area contributed by atoms with Gasteiger partial charge in [-0.2, -0.15) is 4.68 Å². The maximum Gasteiger partial charge on any atom is 0.320 e. The first kappa shape index (κ1) is 22.9. The quantitative estimate of drug-likeness (QED) is 0.320. The fourth-order valence-electron chi connectivity index (χ4n) is 3.35. The summed E-state index contributed by atoms with van der Waals surface area (Å²) in [5.74, 6) is -0.735. The highest BCUT2D eigenvalue weighted by atomic mass is 19.1. The molecule has 10 nitrogen and oxygen atoms in total. The predicted molar refractivity (Wildman–Crippen MR) is 124 cm³/mol. The van der Waals surface area contributed by atoms with Gasteiger partial charge in [-0.05, 0) is 54.5 Å². The number of nitrogens with one attached hydrogen (secondary N) is 1. The van der Waals surface area contributed by atoms with Crippen LogP contribution in [0.4, 0.5) is 10.3 Å². The number of anilines is 1. The van der Waals surface area contributed by atoms with Crippen molar-refractivity contribution in [1.29, 1.82) is 0 Å². The standard InChI is InChI=1S/C23H23FN8O2/c1-14-7-9-17(10-8-14)32-21(29-30-31-32)18-13-27-23(26-11-3-6-19(25)22(33)34)28-20(18)15-4-2-5-16(24)12-15/h2,4-5,7-10,12-13,19H,3,6,11,25H2,1H3,(H,33,34)(H,26,27,28)/t19-/m0/s1. The molecule has 0 bridgehead atoms. The molecule has 0 unspecified atom stereocenters. The van der Waals surface area contributed by atoms with E-state index in [0.717, 1.165) is 11.3 Å². The van der Waals surface area contributed by atoms with Crippen LogP contribution in [0.25, 0.3) is 28.3 Å². The molecule has 0 saturated heterocycles. The lowest BCUT2D eigenvalue weighted by Crippen LogP contribution is -2.30. The number of nitrogens with zero attached hydrogens (tertiary/aromatic N) is 6. The molecule has 0 aliphatic heterocycles. The number of hydrogen-bond acceptors (Lipinski definition) is 8. The summed E-state index contributed by atoms with van der Waals surface area (Å²) in [6.45, 7) is 2.41. The Hall–Kier alpha value is -4.25. The average molecular weight is 462 g/mol. The van der Waals surface area contributed by atoms with E-state index in [1.165, 1.54) is 12.1 Å². The molecule has 174 valence electrons. The minimum absolute atomic E-state index is 0.307. The van der Waals surface area contributed by atoms with Crippen molar-refractivity contribution in [3.8, 4) is 28.3 Å². The molecule has 4 aromatic rings. The van der Waals surface area contributed by atoms with E-state index in [1.807, 2.05) is 31.2 Å². The fraction of sp³-hybridized carbons (Fsp3) is 0.217. The second-order valence-electron chi connectivity index (χ2n) is 7.73. The highest BCUT2D eigenvalue weighted by molar-refractivity contribution is 5.78. The van der Waals surface area contributed by atoms with Crippen LogP contribution in [0, 0.1) is 12.7 Å². The summed E-state index contributed by atoms with van der Waals surface area (Å²) in [5.41, 5.74) is 8.90. The molecule has 0 aliphatic carbocycles. The Balaban J connectivity index is 1.68. The maximum atomic E-state index is 14.0. The molecule has 0 spiro atoms. The molecule has 34 heavy (non-hydrogen) atoms. The zero-order chi connectivity index (χ0) is 24.1. The molecular formula is C23H23FN8O2. The van der Waals surface area contributed by atoms with Gasteiger partial charge in [-0.3, -0.25) is 4.79 Å². The van der Waals surface area contributed by atoms with Crippen molar-refractivity contribution in [1.82, 2.24) is 30.2 Å². The largest absolute Gasteiger partial charge is 0.480 e. The normalized spacial score (nSPS) is 11.9. The van der Waals surface area contributed by atoms with E-state index in [2.05, 4.69) is 30.8 Å². The van der Waals surface area contributed by atoms with Crippen molar-refractivity contribution < 1.29 is 14.3 Å². The minimum Gasteiger partial charge on any atom is -0.480 e. The van der Waals surface area contributed by atoms with E-state index in [-0.39, 0.29) is 0 Å². The SMILES string of the molecule is Cc1ccc(-n2nnnc2-c2cnc(NCCC[C@H](N)C(=O)O)nc2-c2cccc(F)c2)cc1. The number of hydrogen-bond donors (Lipinski definition) is 3. The van der Waals surface area contributed by atoms with Crippen LogP contribution in [0.5, 0.6) is 0 Å². The van der Waals surface area contributed by atoms with Crippen molar-refractivity contribution >= 4 is 11.9 Å². The summed E-state index contributed by atoms with van der Waals surface area (Å²) in [6, 6.07) is 12.8. The third kappa shape index (κ3) is 5.21. The lowest BCUT2D eigenvalue weighted by Gasteiger charge is -2.12. The molecule has 4 N–H and O–H groups in total. The predicted octanol–water partition coefficient (Wildman–Crippen LogP) is 2.84. The molecule has 2 heterocycles. The Morgan fingerprint density at radius 2 is 2.03 bits per heavy atom. The Morgan fingerprint density at radius 3 is 2.76 bits per heavy atom.